The molecule has 7 heteroatoms. The van der Waals surface area contributed by atoms with Crippen molar-refractivity contribution in [3.63, 3.8) is 0 Å². The molecule has 0 aliphatic heterocycles. The van der Waals surface area contributed by atoms with Crippen LogP contribution in [0.25, 0.3) is 0 Å². The minimum atomic E-state index is -4.64. The number of hydrogen-bond donors (Lipinski definition) is 3. The van der Waals surface area contributed by atoms with E-state index in [2.05, 4.69) is 0 Å². The van der Waals surface area contributed by atoms with E-state index in [0.29, 0.717) is 0 Å². The van der Waals surface area contributed by atoms with Crippen LogP contribution in [-0.4, -0.2) is 45.4 Å². The van der Waals surface area contributed by atoms with Crippen LogP contribution in [-0.2, 0) is 4.57 Å². The maximum absolute atomic E-state index is 8.88. The summed E-state index contributed by atoms with van der Waals surface area (Å²) in [6.45, 7) is 0. The van der Waals surface area contributed by atoms with Crippen molar-refractivity contribution in [1.82, 2.24) is 0 Å². The first kappa shape index (κ1) is 15.7. The van der Waals surface area contributed by atoms with Crippen molar-refractivity contribution >= 4 is 38.6 Å². The Kier molecular flexibility index (Phi) is 11.4. The monoisotopic (exact) mass is 202 g/mol. The van der Waals surface area contributed by atoms with Gasteiger partial charge in [0, 0.05) is 0 Å². The van der Waals surface area contributed by atoms with Crippen molar-refractivity contribution in [2.24, 2.45) is 0 Å². The SMILES string of the molecule is O=P(O)(O)O.[GaH3].[SiH4]. The molecule has 0 radical (unpaired) electrons. The van der Waals surface area contributed by atoms with Gasteiger partial charge in [0.15, 0.2) is 0 Å². The van der Waals surface area contributed by atoms with Crippen LogP contribution in [0.3, 0.4) is 0 Å². The fraction of sp³-hybridized carbons (Fsp3) is 0. The van der Waals surface area contributed by atoms with Crippen molar-refractivity contribution in [2.75, 3.05) is 0 Å². The Hall–Kier alpha value is 0.963. The Labute approximate surface area is 58.3 Å². The summed E-state index contributed by atoms with van der Waals surface area (Å²) in [4.78, 5) is 21.6. The molecule has 0 saturated heterocycles. The van der Waals surface area contributed by atoms with Crippen LogP contribution in [0.15, 0.2) is 0 Å². The van der Waals surface area contributed by atoms with Gasteiger partial charge in [0.25, 0.3) is 0 Å². The van der Waals surface area contributed by atoms with E-state index in [1.165, 1.54) is 0 Å². The zero-order chi connectivity index (χ0) is 4.50. The van der Waals surface area contributed by atoms with E-state index in [9.17, 15) is 0 Å². The van der Waals surface area contributed by atoms with Gasteiger partial charge in [-0.1, -0.05) is 0 Å². The molecule has 0 fully saturated rings. The third kappa shape index (κ3) is 185. The first-order valence-corrected chi connectivity index (χ1v) is 2.35. The Morgan fingerprint density at radius 3 is 1.14 bits per heavy atom. The molecule has 0 spiro atoms. The second-order valence-corrected chi connectivity index (χ2v) is 1.54. The molecule has 7 heavy (non-hydrogen) atoms. The summed E-state index contributed by atoms with van der Waals surface area (Å²) in [5.41, 5.74) is 0. The molecule has 0 unspecified atom stereocenters. The predicted octanol–water partition coefficient (Wildman–Crippen LogP) is -3.56. The average Bonchev–Trinajstić information content (AvgIpc) is 0.722. The molecule has 0 saturated carbocycles. The molecular weight excluding hydrogens is 193 g/mol. The molecule has 3 N–H and O–H groups in total. The molecule has 0 amide bonds. The van der Waals surface area contributed by atoms with E-state index in [4.69, 9.17) is 19.2 Å². The van der Waals surface area contributed by atoms with Gasteiger partial charge in [0.2, 0.25) is 0 Å². The van der Waals surface area contributed by atoms with Crippen LogP contribution in [0.1, 0.15) is 0 Å². The predicted molar refractivity (Wildman–Crippen MR) is 35.5 cm³/mol. The van der Waals surface area contributed by atoms with Crippen molar-refractivity contribution in [3.05, 3.63) is 0 Å². The Bertz CT molecular complexity index is 57.8. The van der Waals surface area contributed by atoms with Gasteiger partial charge in [-0.05, 0) is 11.0 Å². The smallest absolute Gasteiger partial charge is 0.0149 e. The molecule has 0 heterocycles. The molecule has 0 aromatic heterocycles. The molecule has 0 bridgehead atoms. The van der Waals surface area contributed by atoms with Gasteiger partial charge in [-0.15, -0.1) is 0 Å². The van der Waals surface area contributed by atoms with Gasteiger partial charge in [-0.2, -0.15) is 0 Å². The van der Waals surface area contributed by atoms with Gasteiger partial charge >= 0.3 is 27.6 Å². The zero-order valence-electron chi connectivity index (χ0n) is 2.20. The van der Waals surface area contributed by atoms with E-state index < -0.39 is 7.82 Å². The Morgan fingerprint density at radius 1 is 1.14 bits per heavy atom. The number of rotatable bonds is 0. The maximum atomic E-state index is 8.88. The quantitative estimate of drug-likeness (QED) is 0.281. The molecule has 0 aromatic rings. The molecule has 0 aliphatic carbocycles. The molecule has 0 rings (SSSR count). The third-order valence-corrected chi connectivity index (χ3v) is 0. The Morgan fingerprint density at radius 2 is 1.14 bits per heavy atom. The van der Waals surface area contributed by atoms with Crippen LogP contribution in [0.5, 0.6) is 0 Å². The average molecular weight is 203 g/mol. The molecule has 0 aliphatic rings. The standard InChI is InChI=1S/Ga.H3O4P.H4Si.3H/c;1-5(2,3)4;;;;/h;(H3,1,2,3,4);1H4;;;. The van der Waals surface area contributed by atoms with Crippen LogP contribution in [0.2, 0.25) is 0 Å². The summed E-state index contributed by atoms with van der Waals surface area (Å²) in [6.07, 6.45) is 0. The van der Waals surface area contributed by atoms with Gasteiger partial charge in [-0.25, -0.2) is 4.57 Å². The van der Waals surface area contributed by atoms with E-state index >= 15 is 0 Å². The largest absolute Gasteiger partial charge is 0.0149 e. The molecule has 0 atom stereocenters. The summed E-state index contributed by atoms with van der Waals surface area (Å²) in [7, 11) is -4.64. The van der Waals surface area contributed by atoms with Gasteiger partial charge in [-0.3, -0.25) is 0 Å². The summed E-state index contributed by atoms with van der Waals surface area (Å²) in [5, 5.41) is 0. The molecular formula is H10GaO4PSi. The molecule has 0 aromatic carbocycles. The molecule has 46 valence electrons. The Balaban J connectivity index is -0.0000000800. The molecule has 4 nitrogen and oxygen atoms in total. The van der Waals surface area contributed by atoms with Gasteiger partial charge < -0.3 is 14.7 Å². The number of phosphoric acid groups is 1. The summed E-state index contributed by atoms with van der Waals surface area (Å²) in [6, 6.07) is 0. The van der Waals surface area contributed by atoms with Crippen molar-refractivity contribution in [1.29, 1.82) is 0 Å². The normalized spacial score (nSPS) is 8.43. The van der Waals surface area contributed by atoms with Crippen LogP contribution in [0.4, 0.5) is 0 Å². The van der Waals surface area contributed by atoms with Crippen molar-refractivity contribution in [2.45, 2.75) is 0 Å². The summed E-state index contributed by atoms with van der Waals surface area (Å²) >= 11 is 0. The van der Waals surface area contributed by atoms with E-state index in [1.807, 2.05) is 0 Å². The van der Waals surface area contributed by atoms with Gasteiger partial charge in [0.05, 0.1) is 0 Å². The maximum Gasteiger partial charge on any atom is -0.0149 e. The third-order valence-electron chi connectivity index (χ3n) is 0. The van der Waals surface area contributed by atoms with E-state index in [0.717, 1.165) is 0 Å². The second kappa shape index (κ2) is 5.11. The summed E-state index contributed by atoms with van der Waals surface area (Å²) < 4.78 is 8.88. The summed E-state index contributed by atoms with van der Waals surface area (Å²) in [5.74, 6) is 0. The van der Waals surface area contributed by atoms with E-state index in [1.54, 1.807) is 0 Å². The minimum absolute atomic E-state index is 0. The van der Waals surface area contributed by atoms with Crippen LogP contribution in [0, 0.1) is 0 Å². The zero-order valence-corrected chi connectivity index (χ0v) is 3.09. The van der Waals surface area contributed by atoms with Gasteiger partial charge in [0.1, 0.15) is 0 Å². The first-order valence-electron chi connectivity index (χ1n) is 0.783. The van der Waals surface area contributed by atoms with Crippen molar-refractivity contribution in [3.8, 4) is 0 Å². The van der Waals surface area contributed by atoms with Crippen molar-refractivity contribution < 1.29 is 19.2 Å². The second-order valence-electron chi connectivity index (χ2n) is 0.513. The topological polar surface area (TPSA) is 77.8 Å². The van der Waals surface area contributed by atoms with Crippen LogP contribution < -0.4 is 0 Å². The fourth-order valence-electron chi connectivity index (χ4n) is 0. The minimum Gasteiger partial charge on any atom is -0.0149 e. The first-order chi connectivity index (χ1) is 2.00. The number of hydrogen-bond acceptors (Lipinski definition) is 1. The fourth-order valence-corrected chi connectivity index (χ4v) is 0. The van der Waals surface area contributed by atoms with Crippen LogP contribution >= 0.6 is 7.82 Å². The van der Waals surface area contributed by atoms with E-state index in [-0.39, 0.29) is 30.8 Å².